The molecule has 0 unspecified atom stereocenters. The van der Waals surface area contributed by atoms with Gasteiger partial charge in [-0.1, -0.05) is 29.8 Å². The molecule has 0 fully saturated rings. The summed E-state index contributed by atoms with van der Waals surface area (Å²) < 4.78 is 10.3. The highest BCUT2D eigenvalue weighted by Gasteiger charge is 2.40. The molecule has 0 radical (unpaired) electrons. The summed E-state index contributed by atoms with van der Waals surface area (Å²) in [6, 6.07) is 7.67. The van der Waals surface area contributed by atoms with Gasteiger partial charge >= 0.3 is 0 Å². The fourth-order valence-electron chi connectivity index (χ4n) is 2.86. The Labute approximate surface area is 149 Å². The summed E-state index contributed by atoms with van der Waals surface area (Å²) in [5.41, 5.74) is 2.75. The Hall–Kier alpha value is -2.18. The van der Waals surface area contributed by atoms with E-state index in [1.807, 2.05) is 36.1 Å². The number of amides is 2. The van der Waals surface area contributed by atoms with Crippen molar-refractivity contribution in [2.45, 2.75) is 13.8 Å². The fraction of sp³-hybridized carbons (Fsp3) is 0.474. The number of likely N-dealkylation sites (N-methyl/N-ethyl adjacent to an activating group) is 1. The standard InChI is InChI=1S/C19H26N2O4/c1-5-21-18(22)16(15-8-6-14(2)7-9-15)17(19(21)23)20(10-12-24-3)11-13-25-4/h6-9H,5,10-13H2,1-4H3. The highest BCUT2D eigenvalue weighted by atomic mass is 16.5. The molecule has 0 bridgehead atoms. The van der Waals surface area contributed by atoms with Gasteiger partial charge in [0.15, 0.2) is 0 Å². The lowest BCUT2D eigenvalue weighted by Gasteiger charge is -2.25. The summed E-state index contributed by atoms with van der Waals surface area (Å²) in [5.74, 6) is -0.499. The number of aryl methyl sites for hydroxylation is 1. The molecule has 0 atom stereocenters. The molecular weight excluding hydrogens is 320 g/mol. The van der Waals surface area contributed by atoms with E-state index in [1.54, 1.807) is 21.1 Å². The number of hydrogen-bond donors (Lipinski definition) is 0. The zero-order valence-electron chi connectivity index (χ0n) is 15.4. The molecule has 0 N–H and O–H groups in total. The van der Waals surface area contributed by atoms with Crippen LogP contribution in [0.1, 0.15) is 18.1 Å². The molecule has 1 heterocycles. The molecule has 0 aliphatic carbocycles. The lowest BCUT2D eigenvalue weighted by molar-refractivity contribution is -0.137. The maximum atomic E-state index is 12.9. The Kier molecular flexibility index (Phi) is 6.73. The van der Waals surface area contributed by atoms with Crippen LogP contribution in [0.2, 0.25) is 0 Å². The van der Waals surface area contributed by atoms with Crippen molar-refractivity contribution in [1.29, 1.82) is 0 Å². The molecule has 6 heteroatoms. The van der Waals surface area contributed by atoms with Gasteiger partial charge in [-0.2, -0.15) is 0 Å². The van der Waals surface area contributed by atoms with Gasteiger partial charge in [-0.3, -0.25) is 14.5 Å². The van der Waals surface area contributed by atoms with Crippen LogP contribution >= 0.6 is 0 Å². The van der Waals surface area contributed by atoms with E-state index in [9.17, 15) is 9.59 Å². The van der Waals surface area contributed by atoms with E-state index in [-0.39, 0.29) is 11.8 Å². The van der Waals surface area contributed by atoms with E-state index < -0.39 is 0 Å². The molecule has 1 aliphatic rings. The van der Waals surface area contributed by atoms with Gasteiger partial charge in [0.1, 0.15) is 5.70 Å². The number of hydrogen-bond acceptors (Lipinski definition) is 5. The minimum Gasteiger partial charge on any atom is -0.383 e. The van der Waals surface area contributed by atoms with Gasteiger partial charge in [0.25, 0.3) is 11.8 Å². The molecule has 6 nitrogen and oxygen atoms in total. The first-order valence-corrected chi connectivity index (χ1v) is 8.45. The molecule has 25 heavy (non-hydrogen) atoms. The average Bonchev–Trinajstić information content (AvgIpc) is 2.86. The third-order valence-electron chi connectivity index (χ3n) is 4.25. The summed E-state index contributed by atoms with van der Waals surface area (Å²) in [6.07, 6.45) is 0. The largest absolute Gasteiger partial charge is 0.383 e. The first-order chi connectivity index (χ1) is 12.0. The van der Waals surface area contributed by atoms with Crippen LogP contribution < -0.4 is 0 Å². The van der Waals surface area contributed by atoms with E-state index in [0.29, 0.717) is 44.1 Å². The molecule has 1 aliphatic heterocycles. The van der Waals surface area contributed by atoms with Gasteiger partial charge in [0, 0.05) is 33.9 Å². The van der Waals surface area contributed by atoms with E-state index >= 15 is 0 Å². The highest BCUT2D eigenvalue weighted by molar-refractivity contribution is 6.35. The normalized spacial score (nSPS) is 14.6. The fourth-order valence-corrected chi connectivity index (χ4v) is 2.86. The van der Waals surface area contributed by atoms with Gasteiger partial charge in [-0.15, -0.1) is 0 Å². The van der Waals surface area contributed by atoms with Crippen LogP contribution in [-0.4, -0.2) is 68.7 Å². The molecule has 1 aromatic rings. The Morgan fingerprint density at radius 3 is 2.00 bits per heavy atom. The quantitative estimate of drug-likeness (QED) is 0.637. The van der Waals surface area contributed by atoms with Crippen molar-refractivity contribution in [2.75, 3.05) is 47.1 Å². The second-order valence-corrected chi connectivity index (χ2v) is 5.92. The minimum atomic E-state index is -0.254. The van der Waals surface area contributed by atoms with Crippen molar-refractivity contribution in [3.63, 3.8) is 0 Å². The second-order valence-electron chi connectivity index (χ2n) is 5.92. The Morgan fingerprint density at radius 1 is 0.960 bits per heavy atom. The second kappa shape index (κ2) is 8.78. The predicted octanol–water partition coefficient (Wildman–Crippen LogP) is 1.69. The van der Waals surface area contributed by atoms with Crippen molar-refractivity contribution in [3.8, 4) is 0 Å². The molecule has 0 spiro atoms. The number of ether oxygens (including phenoxy) is 2. The number of nitrogens with zero attached hydrogens (tertiary/aromatic N) is 2. The van der Waals surface area contributed by atoms with Crippen LogP contribution in [0.25, 0.3) is 5.57 Å². The molecule has 2 rings (SSSR count). The van der Waals surface area contributed by atoms with Gasteiger partial charge in [0.05, 0.1) is 18.8 Å². The number of rotatable bonds is 9. The average molecular weight is 346 g/mol. The van der Waals surface area contributed by atoms with Crippen LogP contribution in [0.3, 0.4) is 0 Å². The first-order valence-electron chi connectivity index (χ1n) is 8.45. The molecule has 0 saturated carbocycles. The van der Waals surface area contributed by atoms with Gasteiger partial charge in [0.2, 0.25) is 0 Å². The predicted molar refractivity (Wildman–Crippen MR) is 95.8 cm³/mol. The Balaban J connectivity index is 2.51. The lowest BCUT2D eigenvalue weighted by Crippen LogP contribution is -2.37. The monoisotopic (exact) mass is 346 g/mol. The van der Waals surface area contributed by atoms with Crippen molar-refractivity contribution < 1.29 is 19.1 Å². The van der Waals surface area contributed by atoms with Crippen LogP contribution in [0.15, 0.2) is 30.0 Å². The van der Waals surface area contributed by atoms with E-state index in [0.717, 1.165) is 11.1 Å². The molecule has 2 amide bonds. The summed E-state index contributed by atoms with van der Waals surface area (Å²) in [5, 5.41) is 0. The van der Waals surface area contributed by atoms with Crippen molar-refractivity contribution in [1.82, 2.24) is 9.80 Å². The van der Waals surface area contributed by atoms with Crippen LogP contribution in [0.4, 0.5) is 0 Å². The molecule has 0 aromatic heterocycles. The zero-order valence-corrected chi connectivity index (χ0v) is 15.4. The van der Waals surface area contributed by atoms with Crippen LogP contribution in [0.5, 0.6) is 0 Å². The SMILES string of the molecule is CCN1C(=O)C(c2ccc(C)cc2)=C(N(CCOC)CCOC)C1=O. The molecule has 1 aromatic carbocycles. The van der Waals surface area contributed by atoms with E-state index in [4.69, 9.17) is 9.47 Å². The number of carbonyl (C=O) groups is 2. The number of methoxy groups -OCH3 is 2. The smallest absolute Gasteiger partial charge is 0.277 e. The lowest BCUT2D eigenvalue weighted by atomic mass is 10.0. The summed E-state index contributed by atoms with van der Waals surface area (Å²) >= 11 is 0. The van der Waals surface area contributed by atoms with Gasteiger partial charge in [-0.25, -0.2) is 0 Å². The first kappa shape index (κ1) is 19.1. The number of carbonyl (C=O) groups excluding carboxylic acids is 2. The van der Waals surface area contributed by atoms with Crippen molar-refractivity contribution >= 4 is 17.4 Å². The third kappa shape index (κ3) is 4.08. The summed E-state index contributed by atoms with van der Waals surface area (Å²) in [6.45, 7) is 6.09. The number of imide groups is 1. The van der Waals surface area contributed by atoms with Crippen LogP contribution in [0, 0.1) is 6.92 Å². The maximum Gasteiger partial charge on any atom is 0.277 e. The third-order valence-corrected chi connectivity index (χ3v) is 4.25. The summed E-state index contributed by atoms with van der Waals surface area (Å²) in [7, 11) is 3.23. The zero-order chi connectivity index (χ0) is 18.4. The Morgan fingerprint density at radius 2 is 1.52 bits per heavy atom. The topological polar surface area (TPSA) is 59.1 Å². The van der Waals surface area contributed by atoms with Crippen molar-refractivity contribution in [2.24, 2.45) is 0 Å². The summed E-state index contributed by atoms with van der Waals surface area (Å²) in [4.78, 5) is 28.9. The van der Waals surface area contributed by atoms with Gasteiger partial charge in [-0.05, 0) is 19.4 Å². The number of benzene rings is 1. The molecule has 136 valence electrons. The Bertz CT molecular complexity index is 644. The van der Waals surface area contributed by atoms with E-state index in [2.05, 4.69) is 0 Å². The van der Waals surface area contributed by atoms with E-state index in [1.165, 1.54) is 4.90 Å². The van der Waals surface area contributed by atoms with Crippen molar-refractivity contribution in [3.05, 3.63) is 41.1 Å². The molecule has 0 saturated heterocycles. The maximum absolute atomic E-state index is 12.9. The molecular formula is C19H26N2O4. The minimum absolute atomic E-state index is 0.244. The van der Waals surface area contributed by atoms with Crippen LogP contribution in [-0.2, 0) is 19.1 Å². The van der Waals surface area contributed by atoms with Gasteiger partial charge < -0.3 is 14.4 Å². The highest BCUT2D eigenvalue weighted by Crippen LogP contribution is 2.31.